The van der Waals surface area contributed by atoms with Crippen molar-refractivity contribution in [3.05, 3.63) is 62.4 Å². The number of aromatic amines is 1. The first-order valence-corrected chi connectivity index (χ1v) is 9.96. The van der Waals surface area contributed by atoms with Crippen LogP contribution >= 0.6 is 15.9 Å². The highest BCUT2D eigenvalue weighted by Gasteiger charge is 2.29. The molecule has 4 aromatic rings. The van der Waals surface area contributed by atoms with Gasteiger partial charge in [-0.1, -0.05) is 18.2 Å². The highest BCUT2D eigenvalue weighted by atomic mass is 79.9. The van der Waals surface area contributed by atoms with Gasteiger partial charge in [-0.05, 0) is 59.1 Å². The van der Waals surface area contributed by atoms with Crippen LogP contribution in [0.4, 0.5) is 0 Å². The van der Waals surface area contributed by atoms with Crippen LogP contribution in [0.1, 0.15) is 11.1 Å². The molecule has 2 aromatic heterocycles. The van der Waals surface area contributed by atoms with Gasteiger partial charge in [0, 0.05) is 4.47 Å². The average molecular weight is 433 g/mol. The fourth-order valence-electron chi connectivity index (χ4n) is 3.08. The van der Waals surface area contributed by atoms with Crippen molar-refractivity contribution in [1.29, 1.82) is 0 Å². The molecular weight excluding hydrogens is 420 g/mol. The standard InChI is InChI=1S/C17H13BrN4O3S/c1-9-7-10(2)14(12(18)8-9)26(24,25)17-15-19-16(23)11-5-3-4-6-13(11)22(15)21-20-17/h3-8,21H,1-2H3. The van der Waals surface area contributed by atoms with Crippen LogP contribution in [0.3, 0.4) is 0 Å². The highest BCUT2D eigenvalue weighted by molar-refractivity contribution is 9.10. The lowest BCUT2D eigenvalue weighted by molar-refractivity contribution is 0.591. The number of sulfone groups is 1. The van der Waals surface area contributed by atoms with Crippen LogP contribution in [0.2, 0.25) is 0 Å². The monoisotopic (exact) mass is 432 g/mol. The number of hydrogen-bond donors (Lipinski definition) is 1. The van der Waals surface area contributed by atoms with E-state index < -0.39 is 15.4 Å². The van der Waals surface area contributed by atoms with Crippen LogP contribution in [0.15, 0.2) is 55.6 Å². The average Bonchev–Trinajstić information content (AvgIpc) is 2.98. The molecule has 2 aromatic carbocycles. The van der Waals surface area contributed by atoms with Gasteiger partial charge in [0.2, 0.25) is 14.9 Å². The topological polar surface area (TPSA) is 97.2 Å². The molecule has 9 heteroatoms. The van der Waals surface area contributed by atoms with Crippen LogP contribution in [0.5, 0.6) is 0 Å². The Morgan fingerprint density at radius 3 is 2.62 bits per heavy atom. The van der Waals surface area contributed by atoms with Gasteiger partial charge < -0.3 is 0 Å². The van der Waals surface area contributed by atoms with Crippen molar-refractivity contribution in [2.24, 2.45) is 0 Å². The first-order valence-electron chi connectivity index (χ1n) is 7.68. The normalized spacial score (nSPS) is 12.1. The van der Waals surface area contributed by atoms with E-state index in [2.05, 4.69) is 31.2 Å². The van der Waals surface area contributed by atoms with E-state index in [0.717, 1.165) is 5.56 Å². The maximum absolute atomic E-state index is 13.2. The lowest BCUT2D eigenvalue weighted by Gasteiger charge is -2.09. The Balaban J connectivity index is 2.08. The summed E-state index contributed by atoms with van der Waals surface area (Å²) in [5.74, 6) is 0. The number of nitrogens with zero attached hydrogens (tertiary/aromatic N) is 3. The van der Waals surface area contributed by atoms with Crippen molar-refractivity contribution < 1.29 is 8.42 Å². The van der Waals surface area contributed by atoms with Crippen LogP contribution in [-0.2, 0) is 9.84 Å². The van der Waals surface area contributed by atoms with Gasteiger partial charge in [-0.15, -0.1) is 5.10 Å². The number of benzene rings is 2. The molecular formula is C17H13BrN4O3S. The number of H-pyrrole nitrogens is 1. The second kappa shape index (κ2) is 5.75. The minimum atomic E-state index is -4.00. The van der Waals surface area contributed by atoms with Crippen molar-refractivity contribution in [2.45, 2.75) is 23.8 Å². The number of rotatable bonds is 2. The van der Waals surface area contributed by atoms with E-state index in [1.807, 2.05) is 6.92 Å². The quantitative estimate of drug-likeness (QED) is 0.525. The highest BCUT2D eigenvalue weighted by Crippen LogP contribution is 2.32. The van der Waals surface area contributed by atoms with E-state index in [1.54, 1.807) is 43.3 Å². The molecule has 0 aliphatic heterocycles. The molecule has 7 nitrogen and oxygen atoms in total. The summed E-state index contributed by atoms with van der Waals surface area (Å²) in [6.45, 7) is 3.60. The van der Waals surface area contributed by atoms with Gasteiger partial charge in [-0.2, -0.15) is 4.98 Å². The number of nitrogens with one attached hydrogen (secondary N) is 1. The first-order chi connectivity index (χ1) is 12.3. The predicted octanol–water partition coefficient (Wildman–Crippen LogP) is 2.78. The fraction of sp³-hybridized carbons (Fsp3) is 0.118. The lowest BCUT2D eigenvalue weighted by atomic mass is 10.2. The maximum Gasteiger partial charge on any atom is 0.281 e. The second-order valence-electron chi connectivity index (χ2n) is 6.01. The predicted molar refractivity (Wildman–Crippen MR) is 100 cm³/mol. The Morgan fingerprint density at radius 2 is 1.88 bits per heavy atom. The number of fused-ring (bicyclic) bond motifs is 3. The third kappa shape index (κ3) is 2.38. The summed E-state index contributed by atoms with van der Waals surface area (Å²) in [4.78, 5) is 16.4. The summed E-state index contributed by atoms with van der Waals surface area (Å²) in [6, 6.07) is 10.3. The maximum atomic E-state index is 13.2. The van der Waals surface area contributed by atoms with E-state index in [1.165, 1.54) is 4.52 Å². The van der Waals surface area contributed by atoms with Gasteiger partial charge in [-0.3, -0.25) is 4.79 Å². The number of halogens is 1. The Labute approximate surface area is 156 Å². The van der Waals surface area contributed by atoms with Crippen molar-refractivity contribution in [2.75, 3.05) is 0 Å². The summed E-state index contributed by atoms with van der Waals surface area (Å²) < 4.78 is 28.3. The first kappa shape index (κ1) is 16.9. The molecule has 0 spiro atoms. The Kier molecular flexibility index (Phi) is 3.74. The largest absolute Gasteiger partial charge is 0.281 e. The summed E-state index contributed by atoms with van der Waals surface area (Å²) >= 11 is 3.33. The number of para-hydroxylation sites is 1. The lowest BCUT2D eigenvalue weighted by Crippen LogP contribution is -2.12. The molecule has 1 N–H and O–H groups in total. The molecule has 0 fully saturated rings. The van der Waals surface area contributed by atoms with Crippen molar-refractivity contribution in [1.82, 2.24) is 19.8 Å². The van der Waals surface area contributed by atoms with Gasteiger partial charge in [0.15, 0.2) is 5.65 Å². The molecule has 0 saturated heterocycles. The van der Waals surface area contributed by atoms with Crippen LogP contribution < -0.4 is 5.56 Å². The van der Waals surface area contributed by atoms with E-state index in [4.69, 9.17) is 0 Å². The van der Waals surface area contributed by atoms with Crippen LogP contribution in [0.25, 0.3) is 16.6 Å². The van der Waals surface area contributed by atoms with E-state index in [9.17, 15) is 13.2 Å². The third-order valence-electron chi connectivity index (χ3n) is 4.13. The molecule has 0 aliphatic rings. The van der Waals surface area contributed by atoms with E-state index in [0.29, 0.717) is 20.9 Å². The molecule has 4 rings (SSSR count). The van der Waals surface area contributed by atoms with Crippen molar-refractivity contribution in [3.63, 3.8) is 0 Å². The molecule has 0 saturated carbocycles. The summed E-state index contributed by atoms with van der Waals surface area (Å²) in [6.07, 6.45) is 0. The third-order valence-corrected chi connectivity index (χ3v) is 6.88. The molecule has 26 heavy (non-hydrogen) atoms. The molecule has 0 atom stereocenters. The van der Waals surface area contributed by atoms with E-state index in [-0.39, 0.29) is 15.6 Å². The smallest absolute Gasteiger partial charge is 0.267 e. The zero-order valence-electron chi connectivity index (χ0n) is 13.8. The fourth-order valence-corrected chi connectivity index (χ4v) is 5.92. The van der Waals surface area contributed by atoms with Gasteiger partial charge in [-0.25, -0.2) is 18.1 Å². The molecule has 0 bridgehead atoms. The zero-order chi connectivity index (χ0) is 18.6. The Bertz CT molecular complexity index is 1330. The molecule has 0 amide bonds. The number of aryl methyl sites for hydroxylation is 2. The van der Waals surface area contributed by atoms with Gasteiger partial charge >= 0.3 is 0 Å². The van der Waals surface area contributed by atoms with Crippen LogP contribution in [0, 0.1) is 13.8 Å². The summed E-state index contributed by atoms with van der Waals surface area (Å²) in [7, 11) is -4.00. The minimum Gasteiger partial charge on any atom is -0.267 e. The van der Waals surface area contributed by atoms with Gasteiger partial charge in [0.05, 0.1) is 15.8 Å². The number of hydrogen-bond acceptors (Lipinski definition) is 5. The second-order valence-corrected chi connectivity index (χ2v) is 8.66. The summed E-state index contributed by atoms with van der Waals surface area (Å²) in [5.41, 5.74) is 1.50. The van der Waals surface area contributed by atoms with Gasteiger partial charge in [0.25, 0.3) is 5.56 Å². The SMILES string of the molecule is Cc1cc(C)c(S(=O)(=O)c2n[nH]n3c2nc(=O)c2ccccc23)c(Br)c1. The van der Waals surface area contributed by atoms with E-state index >= 15 is 0 Å². The molecule has 0 aliphatic carbocycles. The molecule has 2 heterocycles. The Morgan fingerprint density at radius 1 is 1.15 bits per heavy atom. The number of aromatic nitrogens is 4. The summed E-state index contributed by atoms with van der Waals surface area (Å²) in [5, 5.41) is 6.72. The van der Waals surface area contributed by atoms with Gasteiger partial charge in [0.1, 0.15) is 0 Å². The van der Waals surface area contributed by atoms with Crippen molar-refractivity contribution >= 4 is 42.3 Å². The van der Waals surface area contributed by atoms with Crippen molar-refractivity contribution in [3.8, 4) is 0 Å². The minimum absolute atomic E-state index is 0.0272. The Hall–Kier alpha value is -2.52. The van der Waals surface area contributed by atoms with Crippen LogP contribution in [-0.4, -0.2) is 28.2 Å². The molecule has 0 radical (unpaired) electrons. The molecule has 132 valence electrons. The molecule has 0 unspecified atom stereocenters. The zero-order valence-corrected chi connectivity index (χ0v) is 16.2.